The van der Waals surface area contributed by atoms with E-state index in [0.717, 1.165) is 38.9 Å². The summed E-state index contributed by atoms with van der Waals surface area (Å²) in [7, 11) is 0. The lowest BCUT2D eigenvalue weighted by Crippen LogP contribution is -2.45. The molecule has 0 aliphatic carbocycles. The number of nitro groups is 1. The monoisotopic (exact) mass is 294 g/mol. The number of aromatic nitrogens is 1. The molecule has 7 heteroatoms. The molecule has 1 fully saturated rings. The highest BCUT2D eigenvalue weighted by Gasteiger charge is 2.24. The van der Waals surface area contributed by atoms with Gasteiger partial charge in [-0.1, -0.05) is 6.92 Å². The van der Waals surface area contributed by atoms with Crippen LogP contribution in [-0.4, -0.2) is 52.8 Å². The Morgan fingerprint density at radius 3 is 2.76 bits per heavy atom. The summed E-state index contributed by atoms with van der Waals surface area (Å²) in [6, 6.07) is 1.73. The van der Waals surface area contributed by atoms with Crippen LogP contribution in [0.4, 0.5) is 5.69 Å². The van der Waals surface area contributed by atoms with E-state index in [0.29, 0.717) is 18.3 Å². The Bertz CT molecular complexity index is 494. The predicted octanol–water partition coefficient (Wildman–Crippen LogP) is 1.57. The minimum atomic E-state index is -0.496. The maximum absolute atomic E-state index is 12.3. The summed E-state index contributed by atoms with van der Waals surface area (Å²) in [6.45, 7) is 5.24. The summed E-state index contributed by atoms with van der Waals surface area (Å²) < 4.78 is 0. The highest BCUT2D eigenvalue weighted by atomic mass is 16.6. The molecule has 7 nitrogen and oxygen atoms in total. The number of hydrogen-bond donors (Lipinski definition) is 2. The van der Waals surface area contributed by atoms with Gasteiger partial charge in [-0.25, -0.2) is 0 Å². The Balaban J connectivity index is 2.00. The van der Waals surface area contributed by atoms with Gasteiger partial charge in [0.1, 0.15) is 0 Å². The van der Waals surface area contributed by atoms with Crippen LogP contribution in [-0.2, 0) is 0 Å². The lowest BCUT2D eigenvalue weighted by Gasteiger charge is -2.33. The number of Topliss-reactive ketones (excluding diaryl/α,β-unsaturated/α-hetero) is 1. The molecule has 21 heavy (non-hydrogen) atoms. The van der Waals surface area contributed by atoms with Crippen LogP contribution in [0, 0.1) is 10.1 Å². The number of rotatable bonds is 7. The van der Waals surface area contributed by atoms with Gasteiger partial charge in [-0.05, 0) is 38.9 Å². The van der Waals surface area contributed by atoms with E-state index < -0.39 is 4.92 Å². The van der Waals surface area contributed by atoms with Crippen LogP contribution >= 0.6 is 0 Å². The molecule has 1 aromatic rings. The topological polar surface area (TPSA) is 91.3 Å². The predicted molar refractivity (Wildman–Crippen MR) is 79.5 cm³/mol. The molecular weight excluding hydrogens is 272 g/mol. The van der Waals surface area contributed by atoms with E-state index in [9.17, 15) is 14.9 Å². The Hall–Kier alpha value is -1.73. The van der Waals surface area contributed by atoms with E-state index in [1.54, 1.807) is 0 Å². The first-order valence-electron chi connectivity index (χ1n) is 7.42. The van der Waals surface area contributed by atoms with Crippen LogP contribution < -0.4 is 5.32 Å². The standard InChI is InChI=1S/C14H22N4O3/c1-2-7-17(11-3-5-15-6-4-11)10-14(19)13-8-12(9-16-13)18(20)21/h8-9,11,15-16H,2-7,10H2,1H3. The van der Waals surface area contributed by atoms with Gasteiger partial charge in [0.05, 0.1) is 23.4 Å². The van der Waals surface area contributed by atoms with Gasteiger partial charge >= 0.3 is 0 Å². The zero-order chi connectivity index (χ0) is 15.2. The maximum Gasteiger partial charge on any atom is 0.287 e. The molecule has 1 aromatic heterocycles. The third-order valence-electron chi connectivity index (χ3n) is 3.86. The van der Waals surface area contributed by atoms with Gasteiger partial charge in [-0.2, -0.15) is 0 Å². The molecule has 0 unspecified atom stereocenters. The highest BCUT2D eigenvalue weighted by Crippen LogP contribution is 2.16. The first kappa shape index (κ1) is 15.7. The molecule has 1 aliphatic heterocycles. The number of H-pyrrole nitrogens is 1. The number of nitrogens with zero attached hydrogens (tertiary/aromatic N) is 2. The minimum Gasteiger partial charge on any atom is -0.353 e. The number of aromatic amines is 1. The fourth-order valence-electron chi connectivity index (χ4n) is 2.77. The molecule has 0 amide bonds. The second-order valence-electron chi connectivity index (χ2n) is 5.40. The van der Waals surface area contributed by atoms with Crippen molar-refractivity contribution in [3.8, 4) is 0 Å². The van der Waals surface area contributed by atoms with Crippen LogP contribution in [0.5, 0.6) is 0 Å². The van der Waals surface area contributed by atoms with Gasteiger partial charge in [-0.15, -0.1) is 0 Å². The third kappa shape index (κ3) is 4.12. The molecule has 116 valence electrons. The van der Waals surface area contributed by atoms with Crippen molar-refractivity contribution in [2.45, 2.75) is 32.2 Å². The number of nitrogens with one attached hydrogen (secondary N) is 2. The number of ketones is 1. The van der Waals surface area contributed by atoms with E-state index in [1.165, 1.54) is 12.3 Å². The van der Waals surface area contributed by atoms with Crippen molar-refractivity contribution in [1.29, 1.82) is 0 Å². The number of piperidine rings is 1. The van der Waals surface area contributed by atoms with Crippen LogP contribution in [0.25, 0.3) is 0 Å². The summed E-state index contributed by atoms with van der Waals surface area (Å²) in [5, 5.41) is 14.0. The van der Waals surface area contributed by atoms with Gasteiger partial charge in [0.25, 0.3) is 5.69 Å². The van der Waals surface area contributed by atoms with Crippen molar-refractivity contribution < 1.29 is 9.72 Å². The minimum absolute atomic E-state index is 0.0674. The zero-order valence-corrected chi connectivity index (χ0v) is 12.3. The number of carbonyl (C=O) groups is 1. The molecule has 0 radical (unpaired) electrons. The molecule has 0 spiro atoms. The first-order chi connectivity index (χ1) is 10.1. The second-order valence-corrected chi connectivity index (χ2v) is 5.40. The van der Waals surface area contributed by atoms with Crippen molar-refractivity contribution >= 4 is 11.5 Å². The van der Waals surface area contributed by atoms with Gasteiger partial charge in [0, 0.05) is 12.1 Å². The van der Waals surface area contributed by atoms with Crippen molar-refractivity contribution in [2.75, 3.05) is 26.2 Å². The molecular formula is C14H22N4O3. The van der Waals surface area contributed by atoms with Crippen LogP contribution in [0.3, 0.4) is 0 Å². The van der Waals surface area contributed by atoms with Gasteiger partial charge in [-0.3, -0.25) is 19.8 Å². The van der Waals surface area contributed by atoms with E-state index in [2.05, 4.69) is 22.1 Å². The molecule has 1 aliphatic rings. The summed E-state index contributed by atoms with van der Waals surface area (Å²) in [5.74, 6) is -0.0879. The van der Waals surface area contributed by atoms with Crippen molar-refractivity contribution in [3.63, 3.8) is 0 Å². The van der Waals surface area contributed by atoms with Crippen molar-refractivity contribution in [1.82, 2.24) is 15.2 Å². The average Bonchev–Trinajstić information content (AvgIpc) is 2.98. The van der Waals surface area contributed by atoms with Crippen molar-refractivity contribution in [2.24, 2.45) is 0 Å². The molecule has 2 N–H and O–H groups in total. The van der Waals surface area contributed by atoms with Crippen LogP contribution in [0.1, 0.15) is 36.7 Å². The van der Waals surface area contributed by atoms with Crippen LogP contribution in [0.15, 0.2) is 12.3 Å². The molecule has 2 heterocycles. The largest absolute Gasteiger partial charge is 0.353 e. The van der Waals surface area contributed by atoms with Crippen molar-refractivity contribution in [3.05, 3.63) is 28.1 Å². The second kappa shape index (κ2) is 7.33. The van der Waals surface area contributed by atoms with Gasteiger partial charge in [0.15, 0.2) is 5.78 Å². The molecule has 0 saturated carbocycles. The Morgan fingerprint density at radius 2 is 2.19 bits per heavy atom. The molecule has 2 rings (SSSR count). The smallest absolute Gasteiger partial charge is 0.287 e. The Morgan fingerprint density at radius 1 is 1.48 bits per heavy atom. The summed E-state index contributed by atoms with van der Waals surface area (Å²) >= 11 is 0. The summed E-state index contributed by atoms with van der Waals surface area (Å²) in [4.78, 5) is 27.4. The lowest BCUT2D eigenvalue weighted by atomic mass is 10.0. The third-order valence-corrected chi connectivity index (χ3v) is 3.86. The Labute approximate surface area is 123 Å². The molecule has 0 bridgehead atoms. The zero-order valence-electron chi connectivity index (χ0n) is 12.3. The van der Waals surface area contributed by atoms with E-state index in [1.807, 2.05) is 0 Å². The van der Waals surface area contributed by atoms with Gasteiger partial charge < -0.3 is 10.3 Å². The number of carbonyl (C=O) groups excluding carboxylic acids is 1. The number of hydrogen-bond acceptors (Lipinski definition) is 5. The van der Waals surface area contributed by atoms with Crippen LogP contribution in [0.2, 0.25) is 0 Å². The average molecular weight is 294 g/mol. The summed E-state index contributed by atoms with van der Waals surface area (Å²) in [5.41, 5.74) is 0.249. The fourth-order valence-corrected chi connectivity index (χ4v) is 2.77. The quantitative estimate of drug-likeness (QED) is 0.452. The SMILES string of the molecule is CCCN(CC(=O)c1cc([N+](=O)[O-])c[nH]1)C1CCNCC1. The fraction of sp³-hybridized carbons (Fsp3) is 0.643. The molecule has 1 saturated heterocycles. The van der Waals surface area contributed by atoms with E-state index >= 15 is 0 Å². The van der Waals surface area contributed by atoms with E-state index in [-0.39, 0.29) is 11.5 Å². The first-order valence-corrected chi connectivity index (χ1v) is 7.42. The summed E-state index contributed by atoms with van der Waals surface area (Å²) in [6.07, 6.45) is 4.33. The maximum atomic E-state index is 12.3. The molecule has 0 aromatic carbocycles. The highest BCUT2D eigenvalue weighted by molar-refractivity contribution is 5.96. The normalized spacial score (nSPS) is 16.3. The van der Waals surface area contributed by atoms with E-state index in [4.69, 9.17) is 0 Å². The van der Waals surface area contributed by atoms with Gasteiger partial charge in [0.2, 0.25) is 0 Å². The Kier molecular flexibility index (Phi) is 5.46. The lowest BCUT2D eigenvalue weighted by molar-refractivity contribution is -0.384. The molecule has 0 atom stereocenters.